The summed E-state index contributed by atoms with van der Waals surface area (Å²) >= 11 is 0. The first-order chi connectivity index (χ1) is 12.2. The quantitative estimate of drug-likeness (QED) is 0.451. The Balaban J connectivity index is 0.000000260. The highest BCUT2D eigenvalue weighted by atomic mass is 16.4. The first-order valence-corrected chi connectivity index (χ1v) is 9.25. The molecule has 0 aromatic heterocycles. The molecule has 0 bridgehead atoms. The molecule has 9 heteroatoms. The topological polar surface area (TPSA) is 136 Å². The fraction of sp³-hybridized carbons (Fsp3) is 0.882. The van der Waals surface area contributed by atoms with Gasteiger partial charge in [-0.1, -0.05) is 0 Å². The van der Waals surface area contributed by atoms with Crippen molar-refractivity contribution in [3.05, 3.63) is 0 Å². The Bertz CT molecular complexity index is 395. The number of carboxylic acid groups (broad SMARTS) is 2. The lowest BCUT2D eigenvalue weighted by atomic mass is 9.91. The second-order valence-electron chi connectivity index (χ2n) is 7.48. The highest BCUT2D eigenvalue weighted by Gasteiger charge is 2.22. The molecule has 2 heterocycles. The van der Waals surface area contributed by atoms with Crippen LogP contribution in [0.4, 0.5) is 0 Å². The van der Waals surface area contributed by atoms with Gasteiger partial charge in [0.25, 0.3) is 0 Å². The summed E-state index contributed by atoms with van der Waals surface area (Å²) in [4.78, 5) is 27.6. The smallest absolute Gasteiger partial charge is 0.321 e. The summed E-state index contributed by atoms with van der Waals surface area (Å²) in [6.45, 7) is 6.41. The van der Waals surface area contributed by atoms with Crippen molar-refractivity contribution in [2.45, 2.75) is 31.3 Å². The number of nitrogens with two attached hydrogens (primary N) is 2. The average molecular weight is 373 g/mol. The monoisotopic (exact) mass is 373 g/mol. The predicted octanol–water partition coefficient (Wildman–Crippen LogP) is -1.22. The molecule has 0 saturated carbocycles. The van der Waals surface area contributed by atoms with E-state index in [1.165, 1.54) is 0 Å². The van der Waals surface area contributed by atoms with Gasteiger partial charge in [-0.25, -0.2) is 0 Å². The zero-order valence-electron chi connectivity index (χ0n) is 16.0. The lowest BCUT2D eigenvalue weighted by molar-refractivity contribution is -0.140. The molecule has 0 aromatic carbocycles. The highest BCUT2D eigenvalue weighted by Crippen LogP contribution is 2.20. The zero-order valence-corrected chi connectivity index (χ0v) is 16.0. The molecular formula is C17H35N5O4. The molecular weight excluding hydrogens is 338 g/mol. The molecule has 2 atom stereocenters. The Morgan fingerprint density at radius 2 is 1.35 bits per heavy atom. The van der Waals surface area contributed by atoms with Gasteiger partial charge < -0.3 is 31.5 Å². The fourth-order valence-electron chi connectivity index (χ4n) is 3.14. The Morgan fingerprint density at radius 3 is 1.81 bits per heavy atom. The van der Waals surface area contributed by atoms with E-state index < -0.39 is 24.0 Å². The minimum Gasteiger partial charge on any atom is -0.480 e. The molecule has 2 aliphatic rings. The minimum atomic E-state index is -0.918. The van der Waals surface area contributed by atoms with E-state index >= 15 is 0 Å². The number of aliphatic carboxylic acids is 2. The van der Waals surface area contributed by atoms with Crippen molar-refractivity contribution in [2.24, 2.45) is 17.4 Å². The van der Waals surface area contributed by atoms with Crippen molar-refractivity contribution in [1.82, 2.24) is 14.7 Å². The molecule has 0 radical (unpaired) electrons. The summed E-state index contributed by atoms with van der Waals surface area (Å²) in [6.07, 6.45) is 2.79. The van der Waals surface area contributed by atoms with Crippen LogP contribution in [0.2, 0.25) is 0 Å². The third kappa shape index (κ3) is 8.91. The number of nitrogens with zero attached hydrogens (tertiary/aromatic N) is 3. The lowest BCUT2D eigenvalue weighted by Gasteiger charge is -2.32. The van der Waals surface area contributed by atoms with Crippen LogP contribution in [0.5, 0.6) is 0 Å². The molecule has 9 nitrogen and oxygen atoms in total. The van der Waals surface area contributed by atoms with Crippen LogP contribution in [0.3, 0.4) is 0 Å². The van der Waals surface area contributed by atoms with Gasteiger partial charge >= 0.3 is 11.9 Å². The van der Waals surface area contributed by atoms with E-state index in [1.54, 1.807) is 0 Å². The van der Waals surface area contributed by atoms with E-state index in [9.17, 15) is 9.59 Å². The van der Waals surface area contributed by atoms with Gasteiger partial charge in [-0.3, -0.25) is 14.5 Å². The first-order valence-electron chi connectivity index (χ1n) is 9.25. The number of likely N-dealkylation sites (N-methyl/N-ethyl adjacent to an activating group) is 1. The molecule has 0 aliphatic carbocycles. The third-order valence-electron chi connectivity index (χ3n) is 5.11. The predicted molar refractivity (Wildman–Crippen MR) is 100.0 cm³/mol. The van der Waals surface area contributed by atoms with E-state index in [0.717, 1.165) is 52.1 Å². The summed E-state index contributed by atoms with van der Waals surface area (Å²) < 4.78 is 0. The van der Waals surface area contributed by atoms with Crippen LogP contribution in [0.15, 0.2) is 0 Å². The van der Waals surface area contributed by atoms with Gasteiger partial charge in [0, 0.05) is 32.7 Å². The molecule has 0 aromatic rings. The number of piperidine rings is 1. The van der Waals surface area contributed by atoms with Crippen LogP contribution in [-0.4, -0.2) is 109 Å². The normalized spacial score (nSPS) is 22.9. The van der Waals surface area contributed by atoms with Crippen molar-refractivity contribution in [1.29, 1.82) is 0 Å². The maximum absolute atomic E-state index is 10.5. The maximum atomic E-state index is 10.5. The number of carboxylic acids is 2. The molecule has 6 N–H and O–H groups in total. The van der Waals surface area contributed by atoms with Gasteiger partial charge in [0.2, 0.25) is 0 Å². The summed E-state index contributed by atoms with van der Waals surface area (Å²) in [6, 6.07) is -1.42. The standard InChI is InChI=1S/C9H18N2O2.C8H17N3O2/c1-11-4-2-7(3-5-11)6-8(10)9(12)13;1-10-2-4-11(5-3-10)6-7(9)8(12)13/h7-8H,2-6,10H2,1H3,(H,12,13);7H,2-6,9H2,1H3,(H,12,13)/t8-;7-/m00/s1. The van der Waals surface area contributed by atoms with Crippen LogP contribution >= 0.6 is 0 Å². The fourth-order valence-corrected chi connectivity index (χ4v) is 3.14. The molecule has 0 amide bonds. The molecule has 2 aliphatic heterocycles. The van der Waals surface area contributed by atoms with Gasteiger partial charge in [-0.05, 0) is 52.4 Å². The van der Waals surface area contributed by atoms with E-state index in [1.807, 2.05) is 0 Å². The summed E-state index contributed by atoms with van der Waals surface area (Å²) in [5.74, 6) is -1.29. The third-order valence-corrected chi connectivity index (χ3v) is 5.11. The van der Waals surface area contributed by atoms with E-state index in [2.05, 4.69) is 28.8 Å². The molecule has 2 rings (SSSR count). The van der Waals surface area contributed by atoms with E-state index in [0.29, 0.717) is 18.9 Å². The largest absolute Gasteiger partial charge is 0.480 e. The van der Waals surface area contributed by atoms with Crippen molar-refractivity contribution in [2.75, 3.05) is 59.9 Å². The number of hydrogen-bond donors (Lipinski definition) is 4. The molecule has 2 saturated heterocycles. The summed E-state index contributed by atoms with van der Waals surface area (Å²) in [5.41, 5.74) is 10.9. The van der Waals surface area contributed by atoms with Gasteiger partial charge in [0.1, 0.15) is 12.1 Å². The second kappa shape index (κ2) is 11.5. The average Bonchev–Trinajstić information content (AvgIpc) is 2.59. The molecule has 152 valence electrons. The molecule has 26 heavy (non-hydrogen) atoms. The van der Waals surface area contributed by atoms with Crippen molar-refractivity contribution >= 4 is 11.9 Å². The van der Waals surface area contributed by atoms with E-state index in [4.69, 9.17) is 21.7 Å². The van der Waals surface area contributed by atoms with Crippen molar-refractivity contribution < 1.29 is 19.8 Å². The van der Waals surface area contributed by atoms with Crippen molar-refractivity contribution in [3.8, 4) is 0 Å². The van der Waals surface area contributed by atoms with Gasteiger partial charge in [0.15, 0.2) is 0 Å². The van der Waals surface area contributed by atoms with Crippen LogP contribution in [0.25, 0.3) is 0 Å². The highest BCUT2D eigenvalue weighted by molar-refractivity contribution is 5.73. The Morgan fingerprint density at radius 1 is 0.885 bits per heavy atom. The number of rotatable bonds is 6. The lowest BCUT2D eigenvalue weighted by Crippen LogP contribution is -2.50. The number of hydrogen-bond acceptors (Lipinski definition) is 7. The maximum Gasteiger partial charge on any atom is 0.321 e. The van der Waals surface area contributed by atoms with Gasteiger partial charge in [-0.2, -0.15) is 0 Å². The SMILES string of the molecule is CN1CCC(C[C@H](N)C(=O)O)CC1.CN1CCN(C[C@H](N)C(=O)O)CC1. The van der Waals surface area contributed by atoms with Crippen molar-refractivity contribution in [3.63, 3.8) is 0 Å². The molecule has 0 unspecified atom stereocenters. The zero-order chi connectivity index (χ0) is 19.7. The minimum absolute atomic E-state index is 0.461. The number of carbonyl (C=O) groups is 2. The Hall–Kier alpha value is -1.26. The molecule has 0 spiro atoms. The van der Waals surface area contributed by atoms with Gasteiger partial charge in [-0.15, -0.1) is 0 Å². The summed E-state index contributed by atoms with van der Waals surface area (Å²) in [5, 5.41) is 17.2. The molecule has 2 fully saturated rings. The van der Waals surface area contributed by atoms with Crippen LogP contribution < -0.4 is 11.5 Å². The Kier molecular flexibility index (Phi) is 10.0. The summed E-state index contributed by atoms with van der Waals surface area (Å²) in [7, 11) is 4.15. The number of likely N-dealkylation sites (tertiary alicyclic amines) is 1. The van der Waals surface area contributed by atoms with Crippen LogP contribution in [-0.2, 0) is 9.59 Å². The first kappa shape index (κ1) is 22.8. The van der Waals surface area contributed by atoms with Crippen LogP contribution in [0.1, 0.15) is 19.3 Å². The van der Waals surface area contributed by atoms with Gasteiger partial charge in [0.05, 0.1) is 0 Å². The second-order valence-corrected chi connectivity index (χ2v) is 7.48. The van der Waals surface area contributed by atoms with E-state index in [-0.39, 0.29) is 0 Å². The Labute approximate surface area is 155 Å². The van der Waals surface area contributed by atoms with Crippen LogP contribution in [0, 0.1) is 5.92 Å². The number of piperazine rings is 1.